The highest BCUT2D eigenvalue weighted by atomic mass is 32.2. The molecule has 0 atom stereocenters. The molecule has 0 spiro atoms. The van der Waals surface area contributed by atoms with Gasteiger partial charge < -0.3 is 14.8 Å². The van der Waals surface area contributed by atoms with E-state index in [1.807, 2.05) is 12.1 Å². The fraction of sp³-hybridized carbons (Fsp3) is 0.467. The van der Waals surface area contributed by atoms with Crippen LogP contribution in [-0.2, 0) is 6.42 Å². The molecular formula is C15H21NO2S. The maximum atomic E-state index is 5.42. The van der Waals surface area contributed by atoms with Crippen molar-refractivity contribution in [1.82, 2.24) is 5.32 Å². The van der Waals surface area contributed by atoms with Crippen LogP contribution in [0.3, 0.4) is 0 Å². The van der Waals surface area contributed by atoms with Crippen molar-refractivity contribution in [2.24, 2.45) is 0 Å². The second kappa shape index (κ2) is 8.73. The Bertz CT molecular complexity index is 441. The van der Waals surface area contributed by atoms with Gasteiger partial charge in [0, 0.05) is 0 Å². The fourth-order valence-corrected chi connectivity index (χ4v) is 2.33. The van der Waals surface area contributed by atoms with Crippen molar-refractivity contribution in [3.05, 3.63) is 17.7 Å². The molecule has 1 rings (SSSR count). The van der Waals surface area contributed by atoms with Crippen molar-refractivity contribution in [2.75, 3.05) is 27.3 Å². The van der Waals surface area contributed by atoms with E-state index in [0.29, 0.717) is 0 Å². The Morgan fingerprint density at radius 2 is 1.95 bits per heavy atom. The predicted octanol–water partition coefficient (Wildman–Crippen LogP) is 2.93. The molecule has 0 unspecified atom stereocenters. The van der Waals surface area contributed by atoms with Crippen molar-refractivity contribution < 1.29 is 9.47 Å². The van der Waals surface area contributed by atoms with E-state index in [0.717, 1.165) is 47.9 Å². The average Bonchev–Trinajstić information content (AvgIpc) is 2.44. The number of hydrogen-bond acceptors (Lipinski definition) is 4. The molecule has 0 aromatic heterocycles. The van der Waals surface area contributed by atoms with Crippen molar-refractivity contribution >= 4 is 11.8 Å². The lowest BCUT2D eigenvalue weighted by Gasteiger charge is -2.13. The first kappa shape index (κ1) is 15.7. The monoisotopic (exact) mass is 279 g/mol. The first-order chi connectivity index (χ1) is 9.26. The second-order valence-electron chi connectivity index (χ2n) is 4.03. The van der Waals surface area contributed by atoms with Crippen LogP contribution in [0.4, 0.5) is 0 Å². The molecule has 0 bridgehead atoms. The van der Waals surface area contributed by atoms with E-state index in [1.54, 1.807) is 14.2 Å². The summed E-state index contributed by atoms with van der Waals surface area (Å²) in [6, 6.07) is 3.95. The van der Waals surface area contributed by atoms with E-state index < -0.39 is 0 Å². The summed E-state index contributed by atoms with van der Waals surface area (Å²) in [7, 11) is 3.33. The van der Waals surface area contributed by atoms with Crippen LogP contribution in [0, 0.1) is 11.7 Å². The van der Waals surface area contributed by atoms with E-state index in [9.17, 15) is 0 Å². The quantitative estimate of drug-likeness (QED) is 0.450. The largest absolute Gasteiger partial charge is 0.496 e. The second-order valence-corrected chi connectivity index (χ2v) is 4.91. The van der Waals surface area contributed by atoms with E-state index >= 15 is 0 Å². The molecule has 0 radical (unpaired) electrons. The van der Waals surface area contributed by atoms with Crippen molar-refractivity contribution in [3.8, 4) is 23.2 Å². The molecule has 0 heterocycles. The van der Waals surface area contributed by atoms with Gasteiger partial charge in [0.25, 0.3) is 0 Å². The predicted molar refractivity (Wildman–Crippen MR) is 81.1 cm³/mol. The van der Waals surface area contributed by atoms with Gasteiger partial charge in [0.1, 0.15) is 11.5 Å². The molecule has 0 aliphatic rings. The topological polar surface area (TPSA) is 30.5 Å². The Kier molecular flexibility index (Phi) is 7.24. The maximum Gasteiger partial charge on any atom is 0.133 e. The highest BCUT2D eigenvalue weighted by Gasteiger charge is 2.11. The lowest BCUT2D eigenvalue weighted by molar-refractivity contribution is 0.390. The molecule has 0 aliphatic heterocycles. The zero-order valence-corrected chi connectivity index (χ0v) is 12.6. The SMILES string of the molecule is C#CSc1cc(OC)c(CCNCCC)cc1OC. The molecule has 0 saturated carbocycles. The number of ether oxygens (including phenoxy) is 2. The van der Waals surface area contributed by atoms with Crippen LogP contribution in [0.2, 0.25) is 0 Å². The van der Waals surface area contributed by atoms with Crippen LogP contribution in [0.5, 0.6) is 11.5 Å². The smallest absolute Gasteiger partial charge is 0.133 e. The van der Waals surface area contributed by atoms with E-state index in [2.05, 4.69) is 17.5 Å². The first-order valence-corrected chi connectivity index (χ1v) is 7.16. The molecule has 1 N–H and O–H groups in total. The molecule has 1 aromatic carbocycles. The normalized spacial score (nSPS) is 10.0. The standard InChI is InChI=1S/C15H21NO2S/c1-5-8-16-9-7-12-10-14(18-4)15(19-6-2)11-13(12)17-3/h2,10-11,16H,5,7-9H2,1,3-4H3. The van der Waals surface area contributed by atoms with E-state index in [-0.39, 0.29) is 0 Å². The maximum absolute atomic E-state index is 5.42. The number of methoxy groups -OCH3 is 2. The Morgan fingerprint density at radius 3 is 2.53 bits per heavy atom. The summed E-state index contributed by atoms with van der Waals surface area (Å²) in [5.74, 6) is 1.66. The van der Waals surface area contributed by atoms with Gasteiger partial charge in [-0.05, 0) is 60.6 Å². The zero-order chi connectivity index (χ0) is 14.1. The van der Waals surface area contributed by atoms with Crippen LogP contribution in [0.25, 0.3) is 0 Å². The van der Waals surface area contributed by atoms with Gasteiger partial charge in [-0.1, -0.05) is 6.92 Å². The molecule has 1 aromatic rings. The number of nitrogens with one attached hydrogen (secondary N) is 1. The molecule has 0 aliphatic carbocycles. The third kappa shape index (κ3) is 4.70. The van der Waals surface area contributed by atoms with Crippen LogP contribution < -0.4 is 14.8 Å². The van der Waals surface area contributed by atoms with Crippen LogP contribution >= 0.6 is 11.8 Å². The molecule has 4 heteroatoms. The Labute approximate surface area is 120 Å². The van der Waals surface area contributed by atoms with Gasteiger partial charge in [0.05, 0.1) is 19.1 Å². The van der Waals surface area contributed by atoms with E-state index in [1.165, 1.54) is 11.8 Å². The van der Waals surface area contributed by atoms with Crippen molar-refractivity contribution in [2.45, 2.75) is 24.7 Å². The van der Waals surface area contributed by atoms with E-state index in [4.69, 9.17) is 15.9 Å². The summed E-state index contributed by atoms with van der Waals surface area (Å²) in [6.07, 6.45) is 7.37. The minimum atomic E-state index is 0.800. The summed E-state index contributed by atoms with van der Waals surface area (Å²) < 4.78 is 10.8. The van der Waals surface area contributed by atoms with Gasteiger partial charge in [-0.15, -0.1) is 6.42 Å². The van der Waals surface area contributed by atoms with Gasteiger partial charge in [0.15, 0.2) is 0 Å². The number of rotatable bonds is 8. The highest BCUT2D eigenvalue weighted by molar-refractivity contribution is 8.04. The Balaban J connectivity index is 2.87. The summed E-state index contributed by atoms with van der Waals surface area (Å²) in [5, 5.41) is 5.94. The number of terminal acetylenes is 1. The molecule has 0 saturated heterocycles. The minimum absolute atomic E-state index is 0.800. The fourth-order valence-electron chi connectivity index (χ4n) is 1.80. The number of benzene rings is 1. The lowest BCUT2D eigenvalue weighted by Crippen LogP contribution is -2.18. The van der Waals surface area contributed by atoms with Gasteiger partial charge in [-0.2, -0.15) is 0 Å². The molecular weight excluding hydrogens is 258 g/mol. The number of thioether (sulfide) groups is 1. The molecule has 0 amide bonds. The summed E-state index contributed by atoms with van der Waals surface area (Å²) in [6.45, 7) is 4.11. The Hall–Kier alpha value is -1.31. The third-order valence-electron chi connectivity index (χ3n) is 2.73. The zero-order valence-electron chi connectivity index (χ0n) is 11.8. The van der Waals surface area contributed by atoms with Crippen LogP contribution in [0.1, 0.15) is 18.9 Å². The number of hydrogen-bond donors (Lipinski definition) is 1. The highest BCUT2D eigenvalue weighted by Crippen LogP contribution is 2.35. The molecule has 104 valence electrons. The Morgan fingerprint density at radius 1 is 1.21 bits per heavy atom. The summed E-state index contributed by atoms with van der Waals surface area (Å²) >= 11 is 1.30. The van der Waals surface area contributed by atoms with Gasteiger partial charge in [-0.25, -0.2) is 0 Å². The first-order valence-electron chi connectivity index (χ1n) is 6.34. The van der Waals surface area contributed by atoms with Gasteiger partial charge in [0.2, 0.25) is 0 Å². The van der Waals surface area contributed by atoms with Crippen LogP contribution in [0.15, 0.2) is 17.0 Å². The van der Waals surface area contributed by atoms with Crippen LogP contribution in [-0.4, -0.2) is 27.3 Å². The summed E-state index contributed by atoms with van der Waals surface area (Å²) in [4.78, 5) is 0.909. The molecule has 0 fully saturated rings. The van der Waals surface area contributed by atoms with Gasteiger partial charge >= 0.3 is 0 Å². The van der Waals surface area contributed by atoms with Crippen molar-refractivity contribution in [1.29, 1.82) is 0 Å². The minimum Gasteiger partial charge on any atom is -0.496 e. The molecule has 3 nitrogen and oxygen atoms in total. The lowest BCUT2D eigenvalue weighted by atomic mass is 10.1. The van der Waals surface area contributed by atoms with Gasteiger partial charge in [-0.3, -0.25) is 0 Å². The van der Waals surface area contributed by atoms with Crippen molar-refractivity contribution in [3.63, 3.8) is 0 Å². The third-order valence-corrected chi connectivity index (χ3v) is 3.39. The summed E-state index contributed by atoms with van der Waals surface area (Å²) in [5.41, 5.74) is 1.13. The average molecular weight is 279 g/mol. The molecule has 19 heavy (non-hydrogen) atoms.